The second-order valence-corrected chi connectivity index (χ2v) is 9.21. The zero-order chi connectivity index (χ0) is 21.8. The molecule has 2 fully saturated rings. The van der Waals surface area contributed by atoms with Crippen molar-refractivity contribution in [3.63, 3.8) is 0 Å². The van der Waals surface area contributed by atoms with Gasteiger partial charge in [0, 0.05) is 37.9 Å². The first-order valence-corrected chi connectivity index (χ1v) is 11.8. The van der Waals surface area contributed by atoms with E-state index in [-0.39, 0.29) is 5.91 Å². The van der Waals surface area contributed by atoms with Crippen LogP contribution in [-0.4, -0.2) is 53.4 Å². The molecule has 0 unspecified atom stereocenters. The molecule has 164 valence electrons. The van der Waals surface area contributed by atoms with Gasteiger partial charge in [0.05, 0.1) is 5.56 Å². The quantitative estimate of drug-likeness (QED) is 0.588. The third-order valence-corrected chi connectivity index (χ3v) is 7.22. The average molecular weight is 426 g/mol. The number of hydrogen-bond donors (Lipinski definition) is 0. The van der Waals surface area contributed by atoms with E-state index in [2.05, 4.69) is 70.5 Å². The lowest BCUT2D eigenvalue weighted by Crippen LogP contribution is -2.38. The molecule has 1 amide bonds. The van der Waals surface area contributed by atoms with E-state index in [1.165, 1.54) is 24.0 Å². The topological polar surface area (TPSA) is 36.4 Å². The molecule has 2 aliphatic heterocycles. The summed E-state index contributed by atoms with van der Waals surface area (Å²) in [4.78, 5) is 21.9. The van der Waals surface area contributed by atoms with Crippen LogP contribution >= 0.6 is 0 Å². The molecule has 2 atom stereocenters. The number of pyridine rings is 1. The number of nitrogens with zero attached hydrogens (tertiary/aromatic N) is 3. The van der Waals surface area contributed by atoms with Crippen LogP contribution in [0.3, 0.4) is 0 Å². The maximum atomic E-state index is 13.1. The van der Waals surface area contributed by atoms with Gasteiger partial charge in [0.25, 0.3) is 5.91 Å². The summed E-state index contributed by atoms with van der Waals surface area (Å²) >= 11 is 0. The molecule has 0 spiro atoms. The Balaban J connectivity index is 1.27. The monoisotopic (exact) mass is 425 g/mol. The van der Waals surface area contributed by atoms with Gasteiger partial charge in [-0.2, -0.15) is 0 Å². The summed E-state index contributed by atoms with van der Waals surface area (Å²) < 4.78 is 0. The molecule has 3 heterocycles. The summed E-state index contributed by atoms with van der Waals surface area (Å²) in [5, 5.41) is 0. The predicted molar refractivity (Wildman–Crippen MR) is 128 cm³/mol. The highest BCUT2D eigenvalue weighted by Gasteiger charge is 2.37. The van der Waals surface area contributed by atoms with Crippen LogP contribution in [0.4, 0.5) is 0 Å². The van der Waals surface area contributed by atoms with Crippen molar-refractivity contribution in [2.45, 2.75) is 24.7 Å². The Labute approximate surface area is 190 Å². The molecule has 4 nitrogen and oxygen atoms in total. The smallest absolute Gasteiger partial charge is 0.255 e. The van der Waals surface area contributed by atoms with Crippen molar-refractivity contribution < 1.29 is 4.79 Å². The molecular weight excluding hydrogens is 394 g/mol. The molecule has 0 radical (unpaired) electrons. The molecule has 1 aromatic heterocycles. The predicted octanol–water partition coefficient (Wildman–Crippen LogP) is 4.82. The van der Waals surface area contributed by atoms with Crippen LogP contribution < -0.4 is 0 Å². The average Bonchev–Trinajstić information content (AvgIpc) is 3.29. The molecular formula is C28H31N3O. The van der Waals surface area contributed by atoms with Crippen LogP contribution in [0.25, 0.3) is 0 Å². The number of carbonyl (C=O) groups is 1. The standard InChI is InChI=1S/C28H31N3O/c32-28(25-12-7-15-29-18-25)31-20-26(27(21-31)24-10-5-2-6-11-24)19-30-16-13-23(14-17-30)22-8-3-1-4-9-22/h1-12,15,18,23,26-27H,13-14,16-17,19-21H2/t26-,27+/m0/s1. The third-order valence-electron chi connectivity index (χ3n) is 7.22. The number of amides is 1. The van der Waals surface area contributed by atoms with Gasteiger partial charge in [-0.1, -0.05) is 60.7 Å². The first kappa shape index (κ1) is 20.9. The molecule has 3 aromatic rings. The van der Waals surface area contributed by atoms with Crippen molar-refractivity contribution in [1.82, 2.24) is 14.8 Å². The summed E-state index contributed by atoms with van der Waals surface area (Å²) in [5.41, 5.74) is 3.50. The van der Waals surface area contributed by atoms with Crippen molar-refractivity contribution in [1.29, 1.82) is 0 Å². The number of likely N-dealkylation sites (tertiary alicyclic amines) is 2. The second-order valence-electron chi connectivity index (χ2n) is 9.21. The summed E-state index contributed by atoms with van der Waals surface area (Å²) in [6.07, 6.45) is 5.83. The fraction of sp³-hybridized carbons (Fsp3) is 0.357. The van der Waals surface area contributed by atoms with Crippen LogP contribution in [0, 0.1) is 5.92 Å². The van der Waals surface area contributed by atoms with Crippen LogP contribution in [0.5, 0.6) is 0 Å². The minimum atomic E-state index is 0.101. The Morgan fingerprint density at radius 1 is 0.844 bits per heavy atom. The maximum Gasteiger partial charge on any atom is 0.255 e. The van der Waals surface area contributed by atoms with Gasteiger partial charge in [-0.05, 0) is 61.0 Å². The van der Waals surface area contributed by atoms with Crippen LogP contribution in [-0.2, 0) is 0 Å². The molecule has 0 saturated carbocycles. The highest BCUT2D eigenvalue weighted by atomic mass is 16.2. The van der Waals surface area contributed by atoms with Crippen LogP contribution in [0.2, 0.25) is 0 Å². The minimum Gasteiger partial charge on any atom is -0.338 e. The fourth-order valence-corrected chi connectivity index (χ4v) is 5.48. The van der Waals surface area contributed by atoms with E-state index in [9.17, 15) is 4.79 Å². The van der Waals surface area contributed by atoms with E-state index in [1.54, 1.807) is 12.4 Å². The van der Waals surface area contributed by atoms with Gasteiger partial charge in [0.15, 0.2) is 0 Å². The highest BCUT2D eigenvalue weighted by molar-refractivity contribution is 5.94. The molecule has 0 aliphatic carbocycles. The lowest BCUT2D eigenvalue weighted by molar-refractivity contribution is 0.0781. The van der Waals surface area contributed by atoms with Crippen molar-refractivity contribution in [2.24, 2.45) is 5.92 Å². The van der Waals surface area contributed by atoms with E-state index >= 15 is 0 Å². The third kappa shape index (κ3) is 4.61. The zero-order valence-electron chi connectivity index (χ0n) is 18.5. The first-order valence-electron chi connectivity index (χ1n) is 11.8. The summed E-state index contributed by atoms with van der Waals surface area (Å²) in [6, 6.07) is 25.4. The van der Waals surface area contributed by atoms with Gasteiger partial charge in [-0.3, -0.25) is 9.78 Å². The molecule has 32 heavy (non-hydrogen) atoms. The number of piperidine rings is 1. The fourth-order valence-electron chi connectivity index (χ4n) is 5.48. The van der Waals surface area contributed by atoms with Gasteiger partial charge in [0.1, 0.15) is 0 Å². The Morgan fingerprint density at radius 3 is 2.19 bits per heavy atom. The van der Waals surface area contributed by atoms with Gasteiger partial charge in [-0.15, -0.1) is 0 Å². The van der Waals surface area contributed by atoms with E-state index in [1.807, 2.05) is 17.0 Å². The minimum absolute atomic E-state index is 0.101. The first-order chi connectivity index (χ1) is 15.8. The summed E-state index contributed by atoms with van der Waals surface area (Å²) in [6.45, 7) is 4.91. The van der Waals surface area contributed by atoms with Gasteiger partial charge in [0.2, 0.25) is 0 Å². The van der Waals surface area contributed by atoms with Crippen molar-refractivity contribution in [2.75, 3.05) is 32.7 Å². The van der Waals surface area contributed by atoms with Crippen molar-refractivity contribution >= 4 is 5.91 Å². The van der Waals surface area contributed by atoms with Crippen molar-refractivity contribution in [3.8, 4) is 0 Å². The summed E-state index contributed by atoms with van der Waals surface area (Å²) in [7, 11) is 0. The Morgan fingerprint density at radius 2 is 1.53 bits per heavy atom. The molecule has 2 saturated heterocycles. The van der Waals surface area contributed by atoms with Gasteiger partial charge in [-0.25, -0.2) is 0 Å². The Bertz CT molecular complexity index is 1000. The van der Waals surface area contributed by atoms with Gasteiger partial charge < -0.3 is 9.80 Å². The molecule has 0 N–H and O–H groups in total. The van der Waals surface area contributed by atoms with E-state index in [0.29, 0.717) is 23.3 Å². The van der Waals surface area contributed by atoms with Crippen LogP contribution in [0.1, 0.15) is 46.2 Å². The van der Waals surface area contributed by atoms with E-state index < -0.39 is 0 Å². The van der Waals surface area contributed by atoms with E-state index in [0.717, 1.165) is 32.7 Å². The Hall–Kier alpha value is -2.98. The molecule has 4 heteroatoms. The number of hydrogen-bond acceptors (Lipinski definition) is 3. The molecule has 5 rings (SSSR count). The molecule has 0 bridgehead atoms. The highest BCUT2D eigenvalue weighted by Crippen LogP contribution is 2.35. The Kier molecular flexibility index (Phi) is 6.31. The number of carbonyl (C=O) groups excluding carboxylic acids is 1. The second kappa shape index (κ2) is 9.66. The largest absolute Gasteiger partial charge is 0.338 e. The number of aromatic nitrogens is 1. The SMILES string of the molecule is O=C(c1cccnc1)N1C[C@H](CN2CCC(c3ccccc3)CC2)[C@@H](c2ccccc2)C1. The van der Waals surface area contributed by atoms with E-state index in [4.69, 9.17) is 0 Å². The zero-order valence-corrected chi connectivity index (χ0v) is 18.5. The molecule has 2 aromatic carbocycles. The lowest BCUT2D eigenvalue weighted by Gasteiger charge is -2.34. The molecule has 2 aliphatic rings. The number of rotatable bonds is 5. The number of benzene rings is 2. The van der Waals surface area contributed by atoms with Crippen LogP contribution in [0.15, 0.2) is 85.2 Å². The lowest BCUT2D eigenvalue weighted by atomic mass is 9.86. The van der Waals surface area contributed by atoms with Gasteiger partial charge >= 0.3 is 0 Å². The normalized spacial score (nSPS) is 22.2. The summed E-state index contributed by atoms with van der Waals surface area (Å²) in [5.74, 6) is 1.60. The van der Waals surface area contributed by atoms with Crippen molar-refractivity contribution in [3.05, 3.63) is 102 Å². The maximum absolute atomic E-state index is 13.1.